The van der Waals surface area contributed by atoms with Crippen molar-refractivity contribution in [3.05, 3.63) is 20.8 Å². The zero-order valence-corrected chi connectivity index (χ0v) is 15.9. The summed E-state index contributed by atoms with van der Waals surface area (Å²) < 4.78 is 6.56. The molecule has 1 aromatic heterocycles. The highest BCUT2D eigenvalue weighted by atomic mass is 79.9. The summed E-state index contributed by atoms with van der Waals surface area (Å²) in [6.45, 7) is 9.78. The summed E-state index contributed by atoms with van der Waals surface area (Å²) in [5.41, 5.74) is 0.0767. The monoisotopic (exact) mass is 388 g/mol. The number of aliphatic imine (C=N–C) groups is 1. The lowest BCUT2D eigenvalue weighted by atomic mass is 10.0. The molecule has 1 fully saturated rings. The van der Waals surface area contributed by atoms with Crippen molar-refractivity contribution in [2.45, 2.75) is 25.9 Å². The van der Waals surface area contributed by atoms with Gasteiger partial charge in [0, 0.05) is 47.0 Å². The third kappa shape index (κ3) is 5.22. The Kier molecular flexibility index (Phi) is 6.67. The standard InChI is InChI=1S/C15H25BrN4OS/c1-15(2,20-4-6-21-7-5-20)11-19-14(17-3)18-9-13-8-12(16)10-22-13/h8,10H,4-7,9,11H2,1-3H3,(H2,17,18,19). The number of thiophene rings is 1. The molecule has 0 spiro atoms. The summed E-state index contributed by atoms with van der Waals surface area (Å²) >= 11 is 5.21. The van der Waals surface area contributed by atoms with E-state index < -0.39 is 0 Å². The molecular formula is C15H25BrN4OS. The van der Waals surface area contributed by atoms with Crippen LogP contribution in [0.1, 0.15) is 18.7 Å². The molecule has 0 aliphatic carbocycles. The second-order valence-corrected chi connectivity index (χ2v) is 7.83. The van der Waals surface area contributed by atoms with Crippen LogP contribution in [0.15, 0.2) is 20.9 Å². The molecule has 1 aliphatic rings. The van der Waals surface area contributed by atoms with Gasteiger partial charge < -0.3 is 15.4 Å². The zero-order chi connectivity index (χ0) is 16.0. The molecule has 2 N–H and O–H groups in total. The number of guanidine groups is 1. The quantitative estimate of drug-likeness (QED) is 0.599. The maximum atomic E-state index is 5.43. The van der Waals surface area contributed by atoms with E-state index in [-0.39, 0.29) is 5.54 Å². The molecule has 0 atom stereocenters. The van der Waals surface area contributed by atoms with Crippen molar-refractivity contribution >= 4 is 33.2 Å². The Labute approximate surface area is 145 Å². The van der Waals surface area contributed by atoms with Crippen LogP contribution in [0.3, 0.4) is 0 Å². The fourth-order valence-corrected chi connectivity index (χ4v) is 3.81. The van der Waals surface area contributed by atoms with Gasteiger partial charge in [-0.2, -0.15) is 0 Å². The van der Waals surface area contributed by atoms with Crippen LogP contribution in [0.25, 0.3) is 0 Å². The fourth-order valence-electron chi connectivity index (χ4n) is 2.42. The van der Waals surface area contributed by atoms with Crippen LogP contribution in [0.2, 0.25) is 0 Å². The van der Waals surface area contributed by atoms with Crippen molar-refractivity contribution in [3.8, 4) is 0 Å². The Morgan fingerprint density at radius 1 is 1.41 bits per heavy atom. The number of nitrogens with one attached hydrogen (secondary N) is 2. The Hall–Kier alpha value is -0.630. The number of hydrogen-bond donors (Lipinski definition) is 2. The van der Waals surface area contributed by atoms with Crippen LogP contribution in [0.4, 0.5) is 0 Å². The fraction of sp³-hybridized carbons (Fsp3) is 0.667. The summed E-state index contributed by atoms with van der Waals surface area (Å²) in [6.07, 6.45) is 0. The van der Waals surface area contributed by atoms with Gasteiger partial charge in [0.15, 0.2) is 5.96 Å². The van der Waals surface area contributed by atoms with Crippen LogP contribution in [-0.4, -0.2) is 56.3 Å². The highest BCUT2D eigenvalue weighted by Gasteiger charge is 2.28. The first-order chi connectivity index (χ1) is 10.5. The summed E-state index contributed by atoms with van der Waals surface area (Å²) in [7, 11) is 1.81. The van der Waals surface area contributed by atoms with Gasteiger partial charge >= 0.3 is 0 Å². The molecule has 5 nitrogen and oxygen atoms in total. The van der Waals surface area contributed by atoms with E-state index in [9.17, 15) is 0 Å². The van der Waals surface area contributed by atoms with Gasteiger partial charge in [-0.15, -0.1) is 11.3 Å². The number of ether oxygens (including phenoxy) is 1. The molecule has 1 aliphatic heterocycles. The SMILES string of the molecule is CN=C(NCc1cc(Br)cs1)NCC(C)(C)N1CCOCC1. The van der Waals surface area contributed by atoms with Crippen LogP contribution >= 0.6 is 27.3 Å². The van der Waals surface area contributed by atoms with E-state index in [0.29, 0.717) is 0 Å². The van der Waals surface area contributed by atoms with Crippen molar-refractivity contribution in [2.24, 2.45) is 4.99 Å². The maximum absolute atomic E-state index is 5.43. The lowest BCUT2D eigenvalue weighted by Crippen LogP contribution is -2.56. The van der Waals surface area contributed by atoms with E-state index in [1.165, 1.54) is 4.88 Å². The van der Waals surface area contributed by atoms with Crippen LogP contribution < -0.4 is 10.6 Å². The second-order valence-electron chi connectivity index (χ2n) is 5.92. The van der Waals surface area contributed by atoms with Crippen LogP contribution in [-0.2, 0) is 11.3 Å². The van der Waals surface area contributed by atoms with Gasteiger partial charge in [-0.1, -0.05) is 0 Å². The highest BCUT2D eigenvalue weighted by Crippen LogP contribution is 2.19. The molecular weight excluding hydrogens is 364 g/mol. The average molecular weight is 389 g/mol. The predicted octanol–water partition coefficient (Wildman–Crippen LogP) is 2.29. The predicted molar refractivity (Wildman–Crippen MR) is 96.7 cm³/mol. The number of halogens is 1. The lowest BCUT2D eigenvalue weighted by molar-refractivity contribution is -0.00834. The largest absolute Gasteiger partial charge is 0.379 e. The van der Waals surface area contributed by atoms with Crippen LogP contribution in [0.5, 0.6) is 0 Å². The molecule has 7 heteroatoms. The first kappa shape index (κ1) is 17.7. The van der Waals surface area contributed by atoms with Crippen molar-refractivity contribution in [1.82, 2.24) is 15.5 Å². The summed E-state index contributed by atoms with van der Waals surface area (Å²) in [5, 5.41) is 8.89. The number of hydrogen-bond acceptors (Lipinski definition) is 4. The zero-order valence-electron chi connectivity index (χ0n) is 13.5. The molecule has 0 saturated carbocycles. The molecule has 0 radical (unpaired) electrons. The number of morpholine rings is 1. The smallest absolute Gasteiger partial charge is 0.191 e. The van der Waals surface area contributed by atoms with E-state index in [1.807, 2.05) is 0 Å². The van der Waals surface area contributed by atoms with E-state index in [0.717, 1.165) is 49.8 Å². The van der Waals surface area contributed by atoms with Gasteiger partial charge in [0.2, 0.25) is 0 Å². The van der Waals surface area contributed by atoms with E-state index in [1.54, 1.807) is 18.4 Å². The number of nitrogens with zero attached hydrogens (tertiary/aromatic N) is 2. The van der Waals surface area contributed by atoms with Crippen molar-refractivity contribution in [3.63, 3.8) is 0 Å². The molecule has 0 bridgehead atoms. The maximum Gasteiger partial charge on any atom is 0.191 e. The Balaban J connectivity index is 1.79. The first-order valence-electron chi connectivity index (χ1n) is 7.51. The summed E-state index contributed by atoms with van der Waals surface area (Å²) in [5.74, 6) is 0.839. The van der Waals surface area contributed by atoms with Gasteiger partial charge in [0.25, 0.3) is 0 Å². The topological polar surface area (TPSA) is 48.9 Å². The van der Waals surface area contributed by atoms with Gasteiger partial charge in [0.05, 0.1) is 19.8 Å². The lowest BCUT2D eigenvalue weighted by Gasteiger charge is -2.41. The Morgan fingerprint density at radius 2 is 2.14 bits per heavy atom. The third-order valence-corrected chi connectivity index (χ3v) is 5.53. The van der Waals surface area contributed by atoms with Gasteiger partial charge in [-0.05, 0) is 35.8 Å². The molecule has 2 rings (SSSR count). The summed E-state index contributed by atoms with van der Waals surface area (Å²) in [6, 6.07) is 2.13. The molecule has 1 aromatic rings. The van der Waals surface area contributed by atoms with Crippen molar-refractivity contribution < 1.29 is 4.74 Å². The van der Waals surface area contributed by atoms with E-state index in [2.05, 4.69) is 61.7 Å². The number of rotatable bonds is 5. The van der Waals surface area contributed by atoms with Gasteiger partial charge in [0.1, 0.15) is 0 Å². The molecule has 1 saturated heterocycles. The van der Waals surface area contributed by atoms with Crippen LogP contribution in [0, 0.1) is 0 Å². The molecule has 0 aromatic carbocycles. The molecule has 22 heavy (non-hydrogen) atoms. The Morgan fingerprint density at radius 3 is 2.73 bits per heavy atom. The van der Waals surface area contributed by atoms with Crippen molar-refractivity contribution in [2.75, 3.05) is 39.9 Å². The van der Waals surface area contributed by atoms with Gasteiger partial charge in [-0.25, -0.2) is 0 Å². The Bertz CT molecular complexity index is 497. The molecule has 2 heterocycles. The molecule has 0 unspecified atom stereocenters. The molecule has 124 valence electrons. The van der Waals surface area contributed by atoms with E-state index >= 15 is 0 Å². The first-order valence-corrected chi connectivity index (χ1v) is 9.19. The minimum atomic E-state index is 0.0767. The summed E-state index contributed by atoms with van der Waals surface area (Å²) in [4.78, 5) is 8.05. The normalized spacial score (nSPS) is 17.5. The third-order valence-electron chi connectivity index (χ3n) is 3.83. The highest BCUT2D eigenvalue weighted by molar-refractivity contribution is 9.10. The second kappa shape index (κ2) is 8.29. The van der Waals surface area contributed by atoms with Crippen molar-refractivity contribution in [1.29, 1.82) is 0 Å². The minimum Gasteiger partial charge on any atom is -0.379 e. The van der Waals surface area contributed by atoms with Gasteiger partial charge in [-0.3, -0.25) is 9.89 Å². The molecule has 0 amide bonds. The van der Waals surface area contributed by atoms with E-state index in [4.69, 9.17) is 4.74 Å². The average Bonchev–Trinajstić information content (AvgIpc) is 2.94. The minimum absolute atomic E-state index is 0.0767.